The van der Waals surface area contributed by atoms with Crippen molar-refractivity contribution in [1.82, 2.24) is 5.32 Å². The van der Waals surface area contributed by atoms with Crippen LogP contribution in [0.25, 0.3) is 0 Å². The number of benzene rings is 2. The van der Waals surface area contributed by atoms with Gasteiger partial charge in [0.1, 0.15) is 0 Å². The normalized spacial score (nSPS) is 13.2. The first kappa shape index (κ1) is 16.3. The maximum atomic E-state index is 13.2. The van der Waals surface area contributed by atoms with E-state index in [2.05, 4.69) is 21.2 Å². The Balaban J connectivity index is 2.57. The van der Waals surface area contributed by atoms with Crippen molar-refractivity contribution in [3.05, 3.63) is 68.7 Å². The molecule has 0 bridgehead atoms. The van der Waals surface area contributed by atoms with Crippen LogP contribution in [0.5, 0.6) is 0 Å². The van der Waals surface area contributed by atoms with Gasteiger partial charge in [-0.2, -0.15) is 13.2 Å². The summed E-state index contributed by atoms with van der Waals surface area (Å²) in [5.74, 6) is 0. The molecule has 0 aliphatic rings. The maximum Gasteiger partial charge on any atom is 0.416 e. The molecule has 0 heterocycles. The molecule has 0 spiro atoms. The van der Waals surface area contributed by atoms with Crippen molar-refractivity contribution in [2.45, 2.75) is 12.2 Å². The van der Waals surface area contributed by atoms with Gasteiger partial charge in [0.25, 0.3) is 0 Å². The molecule has 0 saturated carbocycles. The third-order valence-electron chi connectivity index (χ3n) is 3.08. The molecule has 2 rings (SSSR count). The minimum Gasteiger partial charge on any atom is -0.309 e. The highest BCUT2D eigenvalue weighted by molar-refractivity contribution is 9.10. The Hall–Kier alpha value is -1.04. The fraction of sp³-hybridized carbons (Fsp3) is 0.200. The van der Waals surface area contributed by atoms with Crippen molar-refractivity contribution >= 4 is 27.5 Å². The van der Waals surface area contributed by atoms with Gasteiger partial charge in [-0.05, 0) is 42.4 Å². The van der Waals surface area contributed by atoms with E-state index in [0.29, 0.717) is 10.6 Å². The van der Waals surface area contributed by atoms with Crippen molar-refractivity contribution in [1.29, 1.82) is 0 Å². The molecule has 1 N–H and O–H groups in total. The smallest absolute Gasteiger partial charge is 0.309 e. The van der Waals surface area contributed by atoms with Crippen LogP contribution in [-0.4, -0.2) is 7.05 Å². The largest absolute Gasteiger partial charge is 0.416 e. The van der Waals surface area contributed by atoms with Gasteiger partial charge in [-0.3, -0.25) is 0 Å². The highest BCUT2D eigenvalue weighted by Crippen LogP contribution is 2.37. The van der Waals surface area contributed by atoms with Crippen LogP contribution >= 0.6 is 27.5 Å². The van der Waals surface area contributed by atoms with E-state index < -0.39 is 17.8 Å². The van der Waals surface area contributed by atoms with Gasteiger partial charge >= 0.3 is 6.18 Å². The number of hydrogen-bond donors (Lipinski definition) is 1. The molecule has 0 saturated heterocycles. The Morgan fingerprint density at radius 3 is 2.38 bits per heavy atom. The first-order valence-electron chi connectivity index (χ1n) is 6.12. The fourth-order valence-corrected chi connectivity index (χ4v) is 3.14. The first-order chi connectivity index (χ1) is 9.82. The molecule has 0 aromatic heterocycles. The van der Waals surface area contributed by atoms with Crippen LogP contribution in [0.2, 0.25) is 5.02 Å². The number of alkyl halides is 3. The van der Waals surface area contributed by atoms with Gasteiger partial charge in [0.05, 0.1) is 11.6 Å². The molecule has 0 aliphatic heterocycles. The van der Waals surface area contributed by atoms with Crippen LogP contribution in [0, 0.1) is 0 Å². The summed E-state index contributed by atoms with van der Waals surface area (Å²) in [7, 11) is 1.62. The quantitative estimate of drug-likeness (QED) is 0.751. The van der Waals surface area contributed by atoms with E-state index in [9.17, 15) is 13.2 Å². The summed E-state index contributed by atoms with van der Waals surface area (Å²) in [5, 5.41) is 3.38. The molecule has 0 radical (unpaired) electrons. The topological polar surface area (TPSA) is 12.0 Å². The zero-order valence-electron chi connectivity index (χ0n) is 11.0. The number of halogens is 5. The third-order valence-corrected chi connectivity index (χ3v) is 3.76. The van der Waals surface area contributed by atoms with E-state index in [1.165, 1.54) is 12.1 Å². The lowest BCUT2D eigenvalue weighted by Gasteiger charge is -2.22. The standard InChI is InChI=1S/C15H12BrClF3N/c1-21-14(9-6-10(16)8-11(17)7-9)12-4-2-3-5-13(12)15(18,19)20/h2-8,14,21H,1H3. The summed E-state index contributed by atoms with van der Waals surface area (Å²) < 4.78 is 40.2. The Kier molecular flexibility index (Phi) is 4.96. The molecule has 1 unspecified atom stereocenters. The molecule has 1 nitrogen and oxygen atoms in total. The third kappa shape index (κ3) is 3.78. The fourth-order valence-electron chi connectivity index (χ4n) is 2.25. The summed E-state index contributed by atoms with van der Waals surface area (Å²) in [6, 6.07) is 10.0. The van der Waals surface area contributed by atoms with Gasteiger partial charge in [-0.1, -0.05) is 45.7 Å². The van der Waals surface area contributed by atoms with Gasteiger partial charge in [0, 0.05) is 9.50 Å². The maximum absolute atomic E-state index is 13.2. The zero-order valence-corrected chi connectivity index (χ0v) is 13.4. The van der Waals surface area contributed by atoms with Crippen LogP contribution < -0.4 is 5.32 Å². The summed E-state index contributed by atoms with van der Waals surface area (Å²) >= 11 is 9.29. The van der Waals surface area contributed by atoms with E-state index in [4.69, 9.17) is 11.6 Å². The average Bonchev–Trinajstić information content (AvgIpc) is 2.38. The molecule has 2 aromatic rings. The predicted molar refractivity (Wildman–Crippen MR) is 81.5 cm³/mol. The summed E-state index contributed by atoms with van der Waals surface area (Å²) in [4.78, 5) is 0. The predicted octanol–water partition coefficient (Wildman–Crippen LogP) is 5.43. The Morgan fingerprint density at radius 2 is 1.81 bits per heavy atom. The van der Waals surface area contributed by atoms with Crippen molar-refractivity contribution < 1.29 is 13.2 Å². The highest BCUT2D eigenvalue weighted by atomic mass is 79.9. The lowest BCUT2D eigenvalue weighted by Crippen LogP contribution is -2.22. The summed E-state index contributed by atoms with van der Waals surface area (Å²) in [6.45, 7) is 0. The van der Waals surface area contributed by atoms with Crippen molar-refractivity contribution in [2.75, 3.05) is 7.05 Å². The second kappa shape index (κ2) is 6.38. The van der Waals surface area contributed by atoms with E-state index in [-0.39, 0.29) is 5.56 Å². The monoisotopic (exact) mass is 377 g/mol. The Bertz CT molecular complexity index is 623. The molecule has 112 valence electrons. The van der Waals surface area contributed by atoms with Crippen LogP contribution in [0.3, 0.4) is 0 Å². The number of nitrogens with one attached hydrogen (secondary N) is 1. The second-order valence-electron chi connectivity index (χ2n) is 4.51. The van der Waals surface area contributed by atoms with Crippen molar-refractivity contribution in [2.24, 2.45) is 0 Å². The molecule has 6 heteroatoms. The summed E-state index contributed by atoms with van der Waals surface area (Å²) in [5.41, 5.74) is 0.177. The number of hydrogen-bond acceptors (Lipinski definition) is 1. The lowest BCUT2D eigenvalue weighted by atomic mass is 9.94. The van der Waals surface area contributed by atoms with Gasteiger partial charge in [-0.15, -0.1) is 0 Å². The van der Waals surface area contributed by atoms with Gasteiger partial charge in [-0.25, -0.2) is 0 Å². The van der Waals surface area contributed by atoms with Crippen LogP contribution in [-0.2, 0) is 6.18 Å². The first-order valence-corrected chi connectivity index (χ1v) is 7.29. The van der Waals surface area contributed by atoms with E-state index in [1.807, 2.05) is 0 Å². The Labute approximate surface area is 134 Å². The van der Waals surface area contributed by atoms with Crippen LogP contribution in [0.1, 0.15) is 22.7 Å². The molecule has 21 heavy (non-hydrogen) atoms. The molecule has 0 aliphatic carbocycles. The molecule has 0 amide bonds. The Morgan fingerprint density at radius 1 is 1.14 bits per heavy atom. The van der Waals surface area contributed by atoms with E-state index in [1.54, 1.807) is 31.3 Å². The summed E-state index contributed by atoms with van der Waals surface area (Å²) in [6.07, 6.45) is -4.40. The average molecular weight is 379 g/mol. The van der Waals surface area contributed by atoms with E-state index >= 15 is 0 Å². The second-order valence-corrected chi connectivity index (χ2v) is 5.86. The number of rotatable bonds is 3. The van der Waals surface area contributed by atoms with Crippen LogP contribution in [0.15, 0.2) is 46.9 Å². The van der Waals surface area contributed by atoms with E-state index in [0.717, 1.165) is 10.5 Å². The minimum atomic E-state index is -4.40. The van der Waals surface area contributed by atoms with Crippen LogP contribution in [0.4, 0.5) is 13.2 Å². The van der Waals surface area contributed by atoms with Crippen molar-refractivity contribution in [3.63, 3.8) is 0 Å². The molecule has 0 fully saturated rings. The lowest BCUT2D eigenvalue weighted by molar-refractivity contribution is -0.138. The molecular weight excluding hydrogens is 367 g/mol. The minimum absolute atomic E-state index is 0.168. The van der Waals surface area contributed by atoms with Gasteiger partial charge in [0.2, 0.25) is 0 Å². The highest BCUT2D eigenvalue weighted by Gasteiger charge is 2.35. The SMILES string of the molecule is CNC(c1cc(Cl)cc(Br)c1)c1ccccc1C(F)(F)F. The van der Waals surface area contributed by atoms with Gasteiger partial charge in [0.15, 0.2) is 0 Å². The zero-order chi connectivity index (χ0) is 15.6. The molecule has 2 aromatic carbocycles. The van der Waals surface area contributed by atoms with Gasteiger partial charge < -0.3 is 5.32 Å². The molecule has 1 atom stereocenters. The van der Waals surface area contributed by atoms with Crippen molar-refractivity contribution in [3.8, 4) is 0 Å². The molecular formula is C15H12BrClF3N.